The van der Waals surface area contributed by atoms with Crippen LogP contribution in [0.15, 0.2) is 24.3 Å². The summed E-state index contributed by atoms with van der Waals surface area (Å²) < 4.78 is 37.8. The maximum atomic E-state index is 12.6. The highest BCUT2D eigenvalue weighted by Gasteiger charge is 2.32. The van der Waals surface area contributed by atoms with E-state index < -0.39 is 17.6 Å². The van der Waals surface area contributed by atoms with Crippen molar-refractivity contribution >= 4 is 5.91 Å². The first kappa shape index (κ1) is 13.9. The lowest BCUT2D eigenvalue weighted by Gasteiger charge is -2.22. The second-order valence-corrected chi connectivity index (χ2v) is 4.73. The predicted octanol–water partition coefficient (Wildman–Crippen LogP) is 2.16. The molecule has 2 rings (SSSR count). The maximum absolute atomic E-state index is 12.6. The van der Waals surface area contributed by atoms with Gasteiger partial charge in [-0.15, -0.1) is 0 Å². The number of primary amides is 1. The molecule has 0 unspecified atom stereocenters. The van der Waals surface area contributed by atoms with Gasteiger partial charge in [0.15, 0.2) is 0 Å². The van der Waals surface area contributed by atoms with E-state index in [9.17, 15) is 18.0 Å². The van der Waals surface area contributed by atoms with Crippen molar-refractivity contribution in [1.82, 2.24) is 4.90 Å². The number of nitrogens with two attached hydrogens (primary N) is 1. The van der Waals surface area contributed by atoms with Crippen LogP contribution in [0, 0.1) is 0 Å². The van der Waals surface area contributed by atoms with Crippen LogP contribution in [0.5, 0.6) is 0 Å². The van der Waals surface area contributed by atoms with E-state index in [4.69, 9.17) is 5.73 Å². The highest BCUT2D eigenvalue weighted by Crippen LogP contribution is 2.30. The van der Waals surface area contributed by atoms with Gasteiger partial charge in [0.25, 0.3) is 0 Å². The Bertz CT molecular complexity index is 473. The number of nitrogens with zero attached hydrogens (tertiary/aromatic N) is 1. The lowest BCUT2D eigenvalue weighted by molar-refractivity contribution is -0.137. The third-order valence-electron chi connectivity index (χ3n) is 3.33. The number of benzene rings is 1. The Morgan fingerprint density at radius 1 is 1.42 bits per heavy atom. The molecule has 1 aromatic carbocycles. The van der Waals surface area contributed by atoms with Gasteiger partial charge in [0.05, 0.1) is 11.6 Å². The first-order chi connectivity index (χ1) is 8.88. The van der Waals surface area contributed by atoms with Crippen molar-refractivity contribution in [3.8, 4) is 0 Å². The van der Waals surface area contributed by atoms with Gasteiger partial charge in [0.1, 0.15) is 0 Å². The summed E-state index contributed by atoms with van der Waals surface area (Å²) in [7, 11) is 0. The maximum Gasteiger partial charge on any atom is 0.416 e. The summed E-state index contributed by atoms with van der Waals surface area (Å²) in [6, 6.07) is 4.81. The van der Waals surface area contributed by atoms with Crippen molar-refractivity contribution in [3.63, 3.8) is 0 Å². The topological polar surface area (TPSA) is 46.3 Å². The first-order valence-electron chi connectivity index (χ1n) is 6.07. The lowest BCUT2D eigenvalue weighted by atomic mass is 10.1. The van der Waals surface area contributed by atoms with Gasteiger partial charge in [-0.2, -0.15) is 13.2 Å². The van der Waals surface area contributed by atoms with E-state index in [0.29, 0.717) is 25.1 Å². The molecular formula is C13H15F3N2O. The fourth-order valence-corrected chi connectivity index (χ4v) is 2.42. The zero-order valence-corrected chi connectivity index (χ0v) is 10.3. The molecule has 1 amide bonds. The molecule has 19 heavy (non-hydrogen) atoms. The summed E-state index contributed by atoms with van der Waals surface area (Å²) in [5.74, 6) is -0.413. The minimum absolute atomic E-state index is 0.317. The van der Waals surface area contributed by atoms with Gasteiger partial charge in [-0.05, 0) is 31.0 Å². The van der Waals surface area contributed by atoms with Crippen molar-refractivity contribution in [2.45, 2.75) is 31.6 Å². The fourth-order valence-electron chi connectivity index (χ4n) is 2.42. The lowest BCUT2D eigenvalue weighted by Crippen LogP contribution is -2.39. The van der Waals surface area contributed by atoms with Crippen molar-refractivity contribution < 1.29 is 18.0 Å². The van der Waals surface area contributed by atoms with Gasteiger partial charge in [-0.1, -0.05) is 18.2 Å². The van der Waals surface area contributed by atoms with Crippen LogP contribution >= 0.6 is 0 Å². The Morgan fingerprint density at radius 2 is 2.16 bits per heavy atom. The van der Waals surface area contributed by atoms with Crippen LogP contribution in [0.25, 0.3) is 0 Å². The molecule has 0 aromatic heterocycles. The van der Waals surface area contributed by atoms with E-state index in [0.717, 1.165) is 18.6 Å². The molecule has 0 bridgehead atoms. The molecule has 0 aliphatic carbocycles. The summed E-state index contributed by atoms with van der Waals surface area (Å²) >= 11 is 0. The average molecular weight is 272 g/mol. The molecule has 1 atom stereocenters. The van der Waals surface area contributed by atoms with Crippen LogP contribution in [-0.2, 0) is 17.5 Å². The summed E-state index contributed by atoms with van der Waals surface area (Å²) in [6.07, 6.45) is -2.83. The van der Waals surface area contributed by atoms with Crippen molar-refractivity contribution in [2.24, 2.45) is 5.73 Å². The van der Waals surface area contributed by atoms with Crippen LogP contribution in [0.1, 0.15) is 24.0 Å². The molecule has 1 aliphatic heterocycles. The number of rotatable bonds is 3. The number of halogens is 3. The van der Waals surface area contributed by atoms with Crippen molar-refractivity contribution in [2.75, 3.05) is 6.54 Å². The van der Waals surface area contributed by atoms with Crippen LogP contribution in [0.4, 0.5) is 13.2 Å². The Morgan fingerprint density at radius 3 is 2.79 bits per heavy atom. The first-order valence-corrected chi connectivity index (χ1v) is 6.07. The zero-order chi connectivity index (χ0) is 14.0. The molecule has 1 aromatic rings. The predicted molar refractivity (Wildman–Crippen MR) is 64.1 cm³/mol. The van der Waals surface area contributed by atoms with Crippen molar-refractivity contribution in [1.29, 1.82) is 0 Å². The largest absolute Gasteiger partial charge is 0.416 e. The molecule has 2 N–H and O–H groups in total. The third-order valence-corrected chi connectivity index (χ3v) is 3.33. The number of likely N-dealkylation sites (tertiary alicyclic amines) is 1. The summed E-state index contributed by atoms with van der Waals surface area (Å²) in [4.78, 5) is 13.1. The minimum Gasteiger partial charge on any atom is -0.368 e. The summed E-state index contributed by atoms with van der Waals surface area (Å²) in [5, 5.41) is 0. The second-order valence-electron chi connectivity index (χ2n) is 4.73. The number of alkyl halides is 3. The number of amides is 1. The van der Waals surface area contributed by atoms with E-state index in [1.165, 1.54) is 6.07 Å². The van der Waals surface area contributed by atoms with E-state index in [1.807, 2.05) is 4.90 Å². The van der Waals surface area contributed by atoms with Gasteiger partial charge < -0.3 is 5.73 Å². The fraction of sp³-hybridized carbons (Fsp3) is 0.462. The molecular weight excluding hydrogens is 257 g/mol. The highest BCUT2D eigenvalue weighted by molar-refractivity contribution is 5.80. The van der Waals surface area contributed by atoms with E-state index >= 15 is 0 Å². The van der Waals surface area contributed by atoms with E-state index in [-0.39, 0.29) is 6.04 Å². The molecule has 3 nitrogen and oxygen atoms in total. The Labute approximate surface area is 109 Å². The zero-order valence-electron chi connectivity index (χ0n) is 10.3. The monoisotopic (exact) mass is 272 g/mol. The van der Waals surface area contributed by atoms with Gasteiger partial charge >= 0.3 is 6.18 Å². The number of hydrogen-bond donors (Lipinski definition) is 1. The second kappa shape index (κ2) is 5.21. The summed E-state index contributed by atoms with van der Waals surface area (Å²) in [5.41, 5.74) is 5.16. The number of carbonyl (C=O) groups excluding carboxylic acids is 1. The molecule has 0 saturated carbocycles. The molecule has 1 aliphatic rings. The van der Waals surface area contributed by atoms with Crippen LogP contribution in [0.2, 0.25) is 0 Å². The number of carbonyl (C=O) groups is 1. The molecule has 0 spiro atoms. The Kier molecular flexibility index (Phi) is 3.80. The van der Waals surface area contributed by atoms with Gasteiger partial charge in [-0.25, -0.2) is 0 Å². The molecule has 1 fully saturated rings. The third kappa shape index (κ3) is 3.26. The molecule has 0 radical (unpaired) electrons. The number of hydrogen-bond acceptors (Lipinski definition) is 2. The van der Waals surface area contributed by atoms with Gasteiger partial charge in [-0.3, -0.25) is 9.69 Å². The van der Waals surface area contributed by atoms with Crippen LogP contribution < -0.4 is 5.73 Å². The smallest absolute Gasteiger partial charge is 0.368 e. The molecule has 1 heterocycles. The SMILES string of the molecule is NC(=O)[C@H]1CCCN1Cc1cccc(C(F)(F)F)c1. The summed E-state index contributed by atoms with van der Waals surface area (Å²) in [6.45, 7) is 1.00. The highest BCUT2D eigenvalue weighted by atomic mass is 19.4. The quantitative estimate of drug-likeness (QED) is 0.916. The van der Waals surface area contributed by atoms with Gasteiger partial charge in [0, 0.05) is 6.54 Å². The minimum atomic E-state index is -4.34. The van der Waals surface area contributed by atoms with Crippen LogP contribution in [0.3, 0.4) is 0 Å². The van der Waals surface area contributed by atoms with E-state index in [2.05, 4.69) is 0 Å². The Hall–Kier alpha value is -1.56. The molecule has 6 heteroatoms. The average Bonchev–Trinajstić information content (AvgIpc) is 2.76. The molecule has 1 saturated heterocycles. The molecule has 104 valence electrons. The van der Waals surface area contributed by atoms with E-state index in [1.54, 1.807) is 6.07 Å². The van der Waals surface area contributed by atoms with Gasteiger partial charge in [0.2, 0.25) is 5.91 Å². The van der Waals surface area contributed by atoms with Crippen LogP contribution in [-0.4, -0.2) is 23.4 Å². The van der Waals surface area contributed by atoms with Crippen molar-refractivity contribution in [3.05, 3.63) is 35.4 Å². The Balaban J connectivity index is 2.13. The normalized spacial score (nSPS) is 20.7. The standard InChI is InChI=1S/C13H15F3N2O/c14-13(15,16)10-4-1-3-9(7-10)8-18-6-2-5-11(18)12(17)19/h1,3-4,7,11H,2,5-6,8H2,(H2,17,19)/t11-/m1/s1.